The molecule has 0 unspecified atom stereocenters. The summed E-state index contributed by atoms with van der Waals surface area (Å²) in [6, 6.07) is 11.7. The zero-order valence-corrected chi connectivity index (χ0v) is 11.7. The van der Waals surface area contributed by atoms with Crippen LogP contribution in [-0.4, -0.2) is 10.9 Å². The van der Waals surface area contributed by atoms with Crippen LogP contribution in [0.3, 0.4) is 0 Å². The number of nitrogens with zero attached hydrogens (tertiary/aromatic N) is 1. The van der Waals surface area contributed by atoms with Gasteiger partial charge in [-0.3, -0.25) is 4.90 Å². The maximum atomic E-state index is 12.9. The topological polar surface area (TPSA) is 32.3 Å². The molecule has 1 heterocycles. The van der Waals surface area contributed by atoms with E-state index in [0.29, 0.717) is 12.2 Å². The van der Waals surface area contributed by atoms with Gasteiger partial charge >= 0.3 is 6.03 Å². The number of anilines is 1. The van der Waals surface area contributed by atoms with E-state index in [1.807, 2.05) is 25.1 Å². The maximum absolute atomic E-state index is 12.9. The number of hydrogen-bond acceptors (Lipinski definition) is 1. The Morgan fingerprint density at radius 3 is 2.62 bits per heavy atom. The molecular weight excluding hydrogens is 267 g/mol. The molecule has 4 heteroatoms. The van der Waals surface area contributed by atoms with Gasteiger partial charge in [0.05, 0.1) is 12.2 Å². The lowest BCUT2D eigenvalue weighted by Crippen LogP contribution is -2.36. The highest BCUT2D eigenvalue weighted by molar-refractivity contribution is 6.02. The first-order chi connectivity index (χ1) is 10.0. The molecule has 106 valence electrons. The van der Waals surface area contributed by atoms with Gasteiger partial charge in [0.1, 0.15) is 5.82 Å². The zero-order valence-electron chi connectivity index (χ0n) is 11.7. The number of halogens is 1. The molecule has 0 bridgehead atoms. The van der Waals surface area contributed by atoms with Crippen molar-refractivity contribution in [1.82, 2.24) is 4.90 Å². The Kier molecular flexibility index (Phi) is 3.22. The van der Waals surface area contributed by atoms with Gasteiger partial charge in [-0.15, -0.1) is 0 Å². The third-order valence-corrected chi connectivity index (χ3v) is 3.55. The van der Waals surface area contributed by atoms with Crippen LogP contribution in [0.4, 0.5) is 14.9 Å². The van der Waals surface area contributed by atoms with Crippen LogP contribution < -0.4 is 5.32 Å². The number of nitrogens with one attached hydrogen (secondary N) is 1. The summed E-state index contributed by atoms with van der Waals surface area (Å²) in [4.78, 5) is 13.8. The van der Waals surface area contributed by atoms with Crippen molar-refractivity contribution in [3.8, 4) is 0 Å². The number of amides is 2. The van der Waals surface area contributed by atoms with E-state index in [9.17, 15) is 9.18 Å². The van der Waals surface area contributed by atoms with Crippen molar-refractivity contribution in [2.45, 2.75) is 13.5 Å². The fourth-order valence-electron chi connectivity index (χ4n) is 2.40. The van der Waals surface area contributed by atoms with Gasteiger partial charge in [-0.25, -0.2) is 9.18 Å². The summed E-state index contributed by atoms with van der Waals surface area (Å²) in [5.41, 5.74) is 4.29. The van der Waals surface area contributed by atoms with Crippen molar-refractivity contribution in [2.75, 3.05) is 5.32 Å². The van der Waals surface area contributed by atoms with Gasteiger partial charge < -0.3 is 5.32 Å². The predicted molar refractivity (Wildman–Crippen MR) is 81.2 cm³/mol. The second kappa shape index (κ2) is 5.05. The second-order valence-electron chi connectivity index (χ2n) is 5.14. The lowest BCUT2D eigenvalue weighted by atomic mass is 10.0. The lowest BCUT2D eigenvalue weighted by Gasteiger charge is -2.31. The Hall–Kier alpha value is -2.62. The molecule has 3 nitrogen and oxygen atoms in total. The highest BCUT2D eigenvalue weighted by Crippen LogP contribution is 2.32. The molecule has 0 saturated carbocycles. The van der Waals surface area contributed by atoms with Crippen molar-refractivity contribution in [3.63, 3.8) is 0 Å². The first-order valence-electron chi connectivity index (χ1n) is 6.67. The molecule has 0 atom stereocenters. The Balaban J connectivity index is 1.91. The number of rotatable bonds is 2. The summed E-state index contributed by atoms with van der Waals surface area (Å²) < 4.78 is 12.9. The van der Waals surface area contributed by atoms with Crippen LogP contribution in [0, 0.1) is 12.7 Å². The van der Waals surface area contributed by atoms with Crippen molar-refractivity contribution in [2.24, 2.45) is 0 Å². The fourth-order valence-corrected chi connectivity index (χ4v) is 2.40. The van der Waals surface area contributed by atoms with Gasteiger partial charge in [-0.05, 0) is 36.8 Å². The molecule has 1 N–H and O–H groups in total. The summed E-state index contributed by atoms with van der Waals surface area (Å²) in [5, 5.41) is 2.85. The zero-order chi connectivity index (χ0) is 15.0. The van der Waals surface area contributed by atoms with Gasteiger partial charge in [0.25, 0.3) is 0 Å². The molecule has 0 aliphatic carbocycles. The average molecular weight is 282 g/mol. The number of urea groups is 1. The molecule has 3 rings (SSSR count). The summed E-state index contributed by atoms with van der Waals surface area (Å²) in [5.74, 6) is -0.290. The third-order valence-electron chi connectivity index (χ3n) is 3.55. The summed E-state index contributed by atoms with van der Waals surface area (Å²) >= 11 is 0. The van der Waals surface area contributed by atoms with E-state index in [1.165, 1.54) is 12.1 Å². The minimum absolute atomic E-state index is 0.222. The molecule has 2 aromatic rings. The third kappa shape index (κ3) is 2.52. The number of carbonyl (C=O) groups excluding carboxylic acids is 1. The Bertz CT molecular complexity index is 722. The smallest absolute Gasteiger partial charge is 0.307 e. The summed E-state index contributed by atoms with van der Waals surface area (Å²) in [6.45, 7) is 6.39. The van der Waals surface area contributed by atoms with Crippen LogP contribution in [0.2, 0.25) is 0 Å². The van der Waals surface area contributed by atoms with Crippen molar-refractivity contribution >= 4 is 17.4 Å². The van der Waals surface area contributed by atoms with E-state index in [4.69, 9.17) is 0 Å². The van der Waals surface area contributed by atoms with Crippen LogP contribution in [0.15, 0.2) is 49.0 Å². The molecule has 1 aliphatic heterocycles. The first-order valence-corrected chi connectivity index (χ1v) is 6.67. The molecular formula is C17H15FN2O. The molecule has 0 saturated heterocycles. The molecule has 2 aromatic carbocycles. The van der Waals surface area contributed by atoms with Crippen LogP contribution >= 0.6 is 0 Å². The summed E-state index contributed by atoms with van der Waals surface area (Å²) in [6.07, 6.45) is 0. The molecule has 0 spiro atoms. The van der Waals surface area contributed by atoms with Gasteiger partial charge in [0, 0.05) is 11.3 Å². The predicted octanol–water partition coefficient (Wildman–Crippen LogP) is 4.15. The fraction of sp³-hybridized carbons (Fsp3) is 0.118. The number of fused-ring (bicyclic) bond motifs is 1. The van der Waals surface area contributed by atoms with Crippen LogP contribution in [0.1, 0.15) is 16.7 Å². The SMILES string of the molecule is C=C1c2cc(C)ccc2NC(=O)N1Cc1ccc(F)cc1. The molecule has 21 heavy (non-hydrogen) atoms. The molecule has 1 aliphatic rings. The minimum atomic E-state index is -0.290. The number of hydrogen-bond donors (Lipinski definition) is 1. The first kappa shape index (κ1) is 13.4. The average Bonchev–Trinajstić information content (AvgIpc) is 2.46. The Morgan fingerprint density at radius 2 is 1.90 bits per heavy atom. The Morgan fingerprint density at radius 1 is 1.19 bits per heavy atom. The van der Waals surface area contributed by atoms with E-state index in [1.54, 1.807) is 17.0 Å². The number of aryl methyl sites for hydroxylation is 1. The highest BCUT2D eigenvalue weighted by Gasteiger charge is 2.26. The highest BCUT2D eigenvalue weighted by atomic mass is 19.1. The number of benzene rings is 2. The maximum Gasteiger partial charge on any atom is 0.326 e. The monoisotopic (exact) mass is 282 g/mol. The van der Waals surface area contributed by atoms with E-state index in [0.717, 1.165) is 22.4 Å². The Labute approximate surface area is 122 Å². The second-order valence-corrected chi connectivity index (χ2v) is 5.14. The van der Waals surface area contributed by atoms with Crippen LogP contribution in [0.5, 0.6) is 0 Å². The van der Waals surface area contributed by atoms with Gasteiger partial charge in [0.15, 0.2) is 0 Å². The van der Waals surface area contributed by atoms with Crippen molar-refractivity contribution in [1.29, 1.82) is 0 Å². The van der Waals surface area contributed by atoms with Gasteiger partial charge in [-0.1, -0.05) is 30.3 Å². The van der Waals surface area contributed by atoms with E-state index in [2.05, 4.69) is 11.9 Å². The standard InChI is InChI=1S/C17H15FN2O/c1-11-3-8-16-15(9-11)12(2)20(17(21)19-16)10-13-4-6-14(18)7-5-13/h3-9H,2,10H2,1H3,(H,19,21). The van der Waals surface area contributed by atoms with E-state index < -0.39 is 0 Å². The molecule has 0 aromatic heterocycles. The normalized spacial score (nSPS) is 13.9. The molecule has 0 radical (unpaired) electrons. The van der Waals surface area contributed by atoms with Crippen molar-refractivity contribution in [3.05, 3.63) is 71.6 Å². The number of carbonyl (C=O) groups is 1. The quantitative estimate of drug-likeness (QED) is 0.881. The van der Waals surface area contributed by atoms with Crippen LogP contribution in [0.25, 0.3) is 5.70 Å². The summed E-state index contributed by atoms with van der Waals surface area (Å²) in [7, 11) is 0. The lowest BCUT2D eigenvalue weighted by molar-refractivity contribution is 0.229. The molecule has 2 amide bonds. The molecule has 0 fully saturated rings. The van der Waals surface area contributed by atoms with Gasteiger partial charge in [0.2, 0.25) is 0 Å². The largest absolute Gasteiger partial charge is 0.326 e. The van der Waals surface area contributed by atoms with Crippen molar-refractivity contribution < 1.29 is 9.18 Å². The van der Waals surface area contributed by atoms with Gasteiger partial charge in [-0.2, -0.15) is 0 Å². The van der Waals surface area contributed by atoms with Crippen LogP contribution in [-0.2, 0) is 6.54 Å². The minimum Gasteiger partial charge on any atom is -0.307 e. The van der Waals surface area contributed by atoms with E-state index >= 15 is 0 Å². The van der Waals surface area contributed by atoms with E-state index in [-0.39, 0.29) is 11.8 Å².